The fourth-order valence-corrected chi connectivity index (χ4v) is 3.15. The summed E-state index contributed by atoms with van der Waals surface area (Å²) in [7, 11) is 0. The smallest absolute Gasteiger partial charge is 0.261 e. The number of benzene rings is 2. The highest BCUT2D eigenvalue weighted by Crippen LogP contribution is 2.25. The monoisotopic (exact) mass is 374 g/mol. The molecular formula is C19H16Cl2N2O2. The summed E-state index contributed by atoms with van der Waals surface area (Å²) in [6.45, 7) is 4.41. The normalized spacial score (nSPS) is 10.9. The Balaban J connectivity index is 2.16. The zero-order valence-corrected chi connectivity index (χ0v) is 15.3. The van der Waals surface area contributed by atoms with Gasteiger partial charge in [0.25, 0.3) is 5.91 Å². The highest BCUT2D eigenvalue weighted by molar-refractivity contribution is 6.34. The largest absolute Gasteiger partial charge is 0.346 e. The second-order valence-electron chi connectivity index (χ2n) is 5.66. The van der Waals surface area contributed by atoms with E-state index >= 15 is 0 Å². The van der Waals surface area contributed by atoms with Crippen LogP contribution in [0, 0.1) is 6.92 Å². The van der Waals surface area contributed by atoms with Gasteiger partial charge in [-0.25, -0.2) is 0 Å². The Kier molecular flexibility index (Phi) is 4.84. The molecule has 0 unspecified atom stereocenters. The average Bonchev–Trinajstić information content (AvgIpc) is 2.60. The molecule has 3 rings (SSSR count). The molecule has 1 amide bonds. The number of fused-ring (bicyclic) bond motifs is 1. The second kappa shape index (κ2) is 6.90. The van der Waals surface area contributed by atoms with Crippen LogP contribution in [0.3, 0.4) is 0 Å². The first-order valence-corrected chi connectivity index (χ1v) is 8.57. The fraction of sp³-hybridized carbons (Fsp3) is 0.158. The predicted octanol–water partition coefficient (Wildman–Crippen LogP) is 4.89. The van der Waals surface area contributed by atoms with Crippen molar-refractivity contribution in [3.05, 3.63) is 74.0 Å². The molecular weight excluding hydrogens is 359 g/mol. The van der Waals surface area contributed by atoms with Gasteiger partial charge in [-0.05, 0) is 43.7 Å². The van der Waals surface area contributed by atoms with E-state index in [-0.39, 0.29) is 11.0 Å². The SMILES string of the molecule is CCn1cc(C(=O)Nc2ccccc2Cl)c(=O)c2ccc(Cl)c(C)c21. The van der Waals surface area contributed by atoms with E-state index in [4.69, 9.17) is 23.2 Å². The van der Waals surface area contributed by atoms with Gasteiger partial charge in [-0.2, -0.15) is 0 Å². The van der Waals surface area contributed by atoms with Crippen molar-refractivity contribution in [3.8, 4) is 0 Å². The maximum absolute atomic E-state index is 12.8. The van der Waals surface area contributed by atoms with Gasteiger partial charge in [0, 0.05) is 23.2 Å². The summed E-state index contributed by atoms with van der Waals surface area (Å²) in [6, 6.07) is 10.2. The van der Waals surface area contributed by atoms with E-state index in [1.54, 1.807) is 42.6 Å². The molecule has 0 spiro atoms. The summed E-state index contributed by atoms with van der Waals surface area (Å²) < 4.78 is 1.86. The van der Waals surface area contributed by atoms with E-state index < -0.39 is 5.91 Å². The molecule has 0 bridgehead atoms. The van der Waals surface area contributed by atoms with Crippen molar-refractivity contribution in [3.63, 3.8) is 0 Å². The van der Waals surface area contributed by atoms with Gasteiger partial charge in [0.2, 0.25) is 5.43 Å². The summed E-state index contributed by atoms with van der Waals surface area (Å²) in [5.74, 6) is -0.491. The molecule has 0 saturated heterocycles. The minimum atomic E-state index is -0.491. The number of halogens is 2. The molecule has 0 saturated carbocycles. The van der Waals surface area contributed by atoms with Gasteiger partial charge in [-0.15, -0.1) is 0 Å². The van der Waals surface area contributed by atoms with Crippen LogP contribution in [0.5, 0.6) is 0 Å². The molecule has 4 nitrogen and oxygen atoms in total. The number of carbonyl (C=O) groups excluding carboxylic acids is 1. The topological polar surface area (TPSA) is 51.1 Å². The van der Waals surface area contributed by atoms with Crippen LogP contribution in [0.15, 0.2) is 47.4 Å². The van der Waals surface area contributed by atoms with Crippen LogP contribution >= 0.6 is 23.2 Å². The zero-order valence-electron chi connectivity index (χ0n) is 13.8. The number of anilines is 1. The molecule has 1 heterocycles. The summed E-state index contributed by atoms with van der Waals surface area (Å²) in [4.78, 5) is 25.5. The Labute approximate surface area is 155 Å². The second-order valence-corrected chi connectivity index (χ2v) is 6.47. The van der Waals surface area contributed by atoms with Gasteiger partial charge in [0.15, 0.2) is 0 Å². The number of nitrogens with zero attached hydrogens (tertiary/aromatic N) is 1. The minimum absolute atomic E-state index is 0.0657. The summed E-state index contributed by atoms with van der Waals surface area (Å²) in [6.07, 6.45) is 1.57. The molecule has 128 valence electrons. The molecule has 0 radical (unpaired) electrons. The fourth-order valence-electron chi connectivity index (χ4n) is 2.82. The summed E-state index contributed by atoms with van der Waals surface area (Å²) >= 11 is 12.3. The number of hydrogen-bond donors (Lipinski definition) is 1. The maximum Gasteiger partial charge on any atom is 0.261 e. The maximum atomic E-state index is 12.8. The van der Waals surface area contributed by atoms with Crippen molar-refractivity contribution in [2.24, 2.45) is 0 Å². The van der Waals surface area contributed by atoms with E-state index in [1.165, 1.54) is 0 Å². The highest BCUT2D eigenvalue weighted by Gasteiger charge is 2.18. The van der Waals surface area contributed by atoms with Crippen molar-refractivity contribution in [2.75, 3.05) is 5.32 Å². The van der Waals surface area contributed by atoms with Crippen molar-refractivity contribution in [1.29, 1.82) is 0 Å². The van der Waals surface area contributed by atoms with E-state index in [0.29, 0.717) is 27.7 Å². The van der Waals surface area contributed by atoms with Crippen molar-refractivity contribution < 1.29 is 4.79 Å². The molecule has 6 heteroatoms. The number of amides is 1. The number of rotatable bonds is 3. The van der Waals surface area contributed by atoms with Gasteiger partial charge in [-0.3, -0.25) is 9.59 Å². The van der Waals surface area contributed by atoms with Gasteiger partial charge >= 0.3 is 0 Å². The van der Waals surface area contributed by atoms with E-state index in [9.17, 15) is 9.59 Å². The van der Waals surface area contributed by atoms with Crippen molar-refractivity contribution in [2.45, 2.75) is 20.4 Å². The molecule has 0 atom stereocenters. The third kappa shape index (κ3) is 3.15. The summed E-state index contributed by atoms with van der Waals surface area (Å²) in [5, 5.41) is 4.16. The van der Waals surface area contributed by atoms with E-state index in [1.807, 2.05) is 18.4 Å². The van der Waals surface area contributed by atoms with Crippen LogP contribution in [0.1, 0.15) is 22.8 Å². The number of nitrogens with one attached hydrogen (secondary N) is 1. The Morgan fingerprint density at radius 2 is 1.84 bits per heavy atom. The predicted molar refractivity (Wildman–Crippen MR) is 103 cm³/mol. The Bertz CT molecular complexity index is 1040. The average molecular weight is 375 g/mol. The van der Waals surface area contributed by atoms with Gasteiger partial charge < -0.3 is 9.88 Å². The molecule has 2 aromatic carbocycles. The van der Waals surface area contributed by atoms with Crippen LogP contribution in [0.4, 0.5) is 5.69 Å². The lowest BCUT2D eigenvalue weighted by Gasteiger charge is -2.14. The Morgan fingerprint density at radius 3 is 2.52 bits per heavy atom. The molecule has 0 aliphatic heterocycles. The van der Waals surface area contributed by atoms with Crippen LogP contribution in [0.2, 0.25) is 10.0 Å². The zero-order chi connectivity index (χ0) is 18.1. The molecule has 0 fully saturated rings. The summed E-state index contributed by atoms with van der Waals surface area (Å²) in [5.41, 5.74) is 1.76. The number of para-hydroxylation sites is 1. The number of hydrogen-bond acceptors (Lipinski definition) is 2. The first kappa shape index (κ1) is 17.5. The lowest BCUT2D eigenvalue weighted by Crippen LogP contribution is -2.24. The number of aromatic nitrogens is 1. The van der Waals surface area contributed by atoms with Crippen LogP contribution in [-0.2, 0) is 6.54 Å². The molecule has 1 N–H and O–H groups in total. The first-order valence-electron chi connectivity index (χ1n) is 7.82. The van der Waals surface area contributed by atoms with Crippen LogP contribution in [0.25, 0.3) is 10.9 Å². The Morgan fingerprint density at radius 1 is 1.12 bits per heavy atom. The van der Waals surface area contributed by atoms with Crippen molar-refractivity contribution in [1.82, 2.24) is 4.57 Å². The third-order valence-corrected chi connectivity index (χ3v) is 4.87. The molecule has 1 aromatic heterocycles. The molecule has 25 heavy (non-hydrogen) atoms. The molecule has 3 aromatic rings. The van der Waals surface area contributed by atoms with Gasteiger partial charge in [0.1, 0.15) is 5.56 Å². The number of pyridine rings is 1. The van der Waals surface area contributed by atoms with Gasteiger partial charge in [-0.1, -0.05) is 35.3 Å². The van der Waals surface area contributed by atoms with Crippen molar-refractivity contribution >= 4 is 45.7 Å². The third-order valence-electron chi connectivity index (χ3n) is 4.13. The molecule has 0 aliphatic carbocycles. The quantitative estimate of drug-likeness (QED) is 0.709. The highest BCUT2D eigenvalue weighted by atomic mass is 35.5. The number of carbonyl (C=O) groups is 1. The van der Waals surface area contributed by atoms with E-state index in [2.05, 4.69) is 5.32 Å². The van der Waals surface area contributed by atoms with Crippen LogP contribution in [-0.4, -0.2) is 10.5 Å². The molecule has 0 aliphatic rings. The standard InChI is InChI=1S/C19H16Cl2N2O2/c1-3-23-10-13(19(25)22-16-7-5-4-6-15(16)21)18(24)12-8-9-14(20)11(2)17(12)23/h4-10H,3H2,1-2H3,(H,22,25). The van der Waals surface area contributed by atoms with Crippen LogP contribution < -0.4 is 10.7 Å². The lowest BCUT2D eigenvalue weighted by atomic mass is 10.1. The minimum Gasteiger partial charge on any atom is -0.346 e. The Hall–Kier alpha value is -2.30. The lowest BCUT2D eigenvalue weighted by molar-refractivity contribution is 0.102. The van der Waals surface area contributed by atoms with E-state index in [0.717, 1.165) is 11.1 Å². The number of aryl methyl sites for hydroxylation is 2. The van der Waals surface area contributed by atoms with Gasteiger partial charge in [0.05, 0.1) is 16.2 Å². The first-order chi connectivity index (χ1) is 11.9.